The van der Waals surface area contributed by atoms with Crippen molar-refractivity contribution in [3.05, 3.63) is 22.4 Å². The van der Waals surface area contributed by atoms with E-state index in [0.717, 1.165) is 23.8 Å². The molecule has 1 aromatic rings. The van der Waals surface area contributed by atoms with Crippen LogP contribution < -0.4 is 0 Å². The molecule has 18 heavy (non-hydrogen) atoms. The molecule has 0 bridgehead atoms. The van der Waals surface area contributed by atoms with Crippen molar-refractivity contribution in [2.75, 3.05) is 18.9 Å². The molecule has 5 heteroatoms. The molecule has 0 N–H and O–H groups in total. The number of nitrogens with zero attached hydrogens (tertiary/aromatic N) is 1. The molecule has 1 aliphatic heterocycles. The van der Waals surface area contributed by atoms with Gasteiger partial charge in [0.1, 0.15) is 5.92 Å². The average Bonchev–Trinajstić information content (AvgIpc) is 2.90. The van der Waals surface area contributed by atoms with Gasteiger partial charge in [-0.1, -0.05) is 6.07 Å². The van der Waals surface area contributed by atoms with Crippen molar-refractivity contribution in [2.24, 2.45) is 10.9 Å². The lowest BCUT2D eigenvalue weighted by Crippen LogP contribution is -2.28. The number of thiophene rings is 1. The van der Waals surface area contributed by atoms with Gasteiger partial charge in [-0.15, -0.1) is 23.1 Å². The number of carbonyl (C=O) groups excluding carboxylic acids is 1. The lowest BCUT2D eigenvalue weighted by molar-refractivity contribution is -0.145. The van der Waals surface area contributed by atoms with Crippen LogP contribution in [0.2, 0.25) is 0 Å². The molecule has 1 unspecified atom stereocenters. The predicted molar refractivity (Wildman–Crippen MR) is 77.5 cm³/mol. The zero-order valence-corrected chi connectivity index (χ0v) is 12.1. The van der Waals surface area contributed by atoms with Gasteiger partial charge in [-0.2, -0.15) is 0 Å². The molecule has 2 heterocycles. The fraction of sp³-hybridized carbons (Fsp3) is 0.538. The van der Waals surface area contributed by atoms with Gasteiger partial charge >= 0.3 is 5.97 Å². The molecule has 1 aromatic heterocycles. The first-order valence-electron chi connectivity index (χ1n) is 6.17. The highest BCUT2D eigenvalue weighted by atomic mass is 32.2. The zero-order valence-electron chi connectivity index (χ0n) is 10.4. The fourth-order valence-corrected chi connectivity index (χ4v) is 3.63. The summed E-state index contributed by atoms with van der Waals surface area (Å²) in [5.74, 6) is 0.701. The first kappa shape index (κ1) is 13.6. The van der Waals surface area contributed by atoms with E-state index in [-0.39, 0.29) is 11.9 Å². The maximum Gasteiger partial charge on any atom is 0.315 e. The summed E-state index contributed by atoms with van der Waals surface area (Å²) in [5, 5.41) is 2.99. The Hall–Kier alpha value is -0.810. The molecule has 0 aliphatic carbocycles. The normalized spacial score (nSPS) is 17.1. The van der Waals surface area contributed by atoms with Gasteiger partial charge in [-0.3, -0.25) is 9.79 Å². The van der Waals surface area contributed by atoms with Crippen LogP contribution in [-0.2, 0) is 16.0 Å². The highest BCUT2D eigenvalue weighted by Crippen LogP contribution is 2.25. The summed E-state index contributed by atoms with van der Waals surface area (Å²) < 4.78 is 5.18. The van der Waals surface area contributed by atoms with Gasteiger partial charge in [0, 0.05) is 23.6 Å². The van der Waals surface area contributed by atoms with Crippen LogP contribution in [0.4, 0.5) is 0 Å². The van der Waals surface area contributed by atoms with Crippen LogP contribution >= 0.6 is 23.1 Å². The Labute approximate surface area is 116 Å². The molecular formula is C13H17NO2S2. The van der Waals surface area contributed by atoms with Crippen molar-refractivity contribution in [2.45, 2.75) is 19.8 Å². The molecular weight excluding hydrogens is 266 g/mol. The van der Waals surface area contributed by atoms with Gasteiger partial charge in [-0.05, 0) is 24.8 Å². The van der Waals surface area contributed by atoms with Gasteiger partial charge < -0.3 is 4.74 Å². The van der Waals surface area contributed by atoms with Crippen LogP contribution in [0.3, 0.4) is 0 Å². The first-order chi connectivity index (χ1) is 8.81. The number of hydrogen-bond acceptors (Lipinski definition) is 5. The molecule has 1 atom stereocenters. The van der Waals surface area contributed by atoms with E-state index in [4.69, 9.17) is 4.74 Å². The summed E-state index contributed by atoms with van der Waals surface area (Å²) in [7, 11) is 0. The van der Waals surface area contributed by atoms with Crippen molar-refractivity contribution in [3.63, 3.8) is 0 Å². The van der Waals surface area contributed by atoms with Crippen molar-refractivity contribution in [3.8, 4) is 0 Å². The van der Waals surface area contributed by atoms with Crippen LogP contribution in [0, 0.1) is 5.92 Å². The van der Waals surface area contributed by atoms with Crippen LogP contribution in [-0.4, -0.2) is 29.9 Å². The third-order valence-corrected chi connectivity index (χ3v) is 4.78. The van der Waals surface area contributed by atoms with Gasteiger partial charge in [0.05, 0.1) is 11.7 Å². The number of rotatable bonds is 5. The smallest absolute Gasteiger partial charge is 0.315 e. The summed E-state index contributed by atoms with van der Waals surface area (Å²) in [6, 6.07) is 4.07. The Morgan fingerprint density at radius 1 is 1.61 bits per heavy atom. The molecule has 0 spiro atoms. The maximum atomic E-state index is 12.1. The van der Waals surface area contributed by atoms with Gasteiger partial charge in [-0.25, -0.2) is 0 Å². The minimum absolute atomic E-state index is 0.140. The lowest BCUT2D eigenvalue weighted by Gasteiger charge is -2.19. The van der Waals surface area contributed by atoms with E-state index in [2.05, 4.69) is 11.1 Å². The van der Waals surface area contributed by atoms with E-state index in [9.17, 15) is 4.79 Å². The number of aliphatic imine (C=N–C) groups is 1. The van der Waals surface area contributed by atoms with Gasteiger partial charge in [0.2, 0.25) is 0 Å². The highest BCUT2D eigenvalue weighted by molar-refractivity contribution is 8.14. The quantitative estimate of drug-likeness (QED) is 0.780. The largest absolute Gasteiger partial charge is 0.465 e. The zero-order chi connectivity index (χ0) is 12.8. The highest BCUT2D eigenvalue weighted by Gasteiger charge is 2.27. The Morgan fingerprint density at radius 3 is 3.11 bits per heavy atom. The lowest BCUT2D eigenvalue weighted by atomic mass is 10.1. The van der Waals surface area contributed by atoms with Crippen LogP contribution in [0.5, 0.6) is 0 Å². The number of thioether (sulfide) groups is 1. The van der Waals surface area contributed by atoms with Crippen molar-refractivity contribution < 1.29 is 9.53 Å². The third kappa shape index (κ3) is 3.59. The molecule has 0 aromatic carbocycles. The second-order valence-corrected chi connectivity index (χ2v) is 6.16. The molecule has 0 radical (unpaired) electrons. The Balaban J connectivity index is 2.11. The predicted octanol–water partition coefficient (Wildman–Crippen LogP) is 3.01. The van der Waals surface area contributed by atoms with Gasteiger partial charge in [0.15, 0.2) is 0 Å². The van der Waals surface area contributed by atoms with E-state index in [1.807, 2.05) is 18.4 Å². The minimum atomic E-state index is -0.214. The second-order valence-electron chi connectivity index (χ2n) is 4.01. The van der Waals surface area contributed by atoms with E-state index >= 15 is 0 Å². The van der Waals surface area contributed by atoms with Crippen LogP contribution in [0.15, 0.2) is 22.5 Å². The maximum absolute atomic E-state index is 12.1. The average molecular weight is 283 g/mol. The van der Waals surface area contributed by atoms with Crippen LogP contribution in [0.1, 0.15) is 18.2 Å². The fourth-order valence-electron chi connectivity index (χ4n) is 1.83. The number of hydrogen-bond donors (Lipinski definition) is 0. The summed E-state index contributed by atoms with van der Waals surface area (Å²) in [6.07, 6.45) is 1.81. The van der Waals surface area contributed by atoms with E-state index in [0.29, 0.717) is 13.0 Å². The van der Waals surface area contributed by atoms with E-state index in [1.54, 1.807) is 23.1 Å². The minimum Gasteiger partial charge on any atom is -0.465 e. The molecule has 0 fully saturated rings. The monoisotopic (exact) mass is 283 g/mol. The molecule has 0 saturated heterocycles. The van der Waals surface area contributed by atoms with Crippen LogP contribution in [0.25, 0.3) is 0 Å². The Kier molecular flexibility index (Phi) is 5.26. The molecule has 98 valence electrons. The van der Waals surface area contributed by atoms with Crippen molar-refractivity contribution in [1.82, 2.24) is 0 Å². The molecule has 1 aliphatic rings. The molecule has 2 rings (SSSR count). The summed E-state index contributed by atoms with van der Waals surface area (Å²) in [6.45, 7) is 3.11. The molecule has 0 saturated carbocycles. The summed E-state index contributed by atoms with van der Waals surface area (Å²) >= 11 is 3.38. The first-order valence-corrected chi connectivity index (χ1v) is 8.04. The topological polar surface area (TPSA) is 38.7 Å². The molecule has 3 nitrogen and oxygen atoms in total. The summed E-state index contributed by atoms with van der Waals surface area (Å²) in [4.78, 5) is 17.8. The summed E-state index contributed by atoms with van der Waals surface area (Å²) in [5.41, 5.74) is 0. The molecule has 0 amide bonds. The number of esters is 1. The van der Waals surface area contributed by atoms with E-state index in [1.165, 1.54) is 4.88 Å². The Bertz CT molecular complexity index is 415. The van der Waals surface area contributed by atoms with Gasteiger partial charge in [0.25, 0.3) is 0 Å². The van der Waals surface area contributed by atoms with Crippen molar-refractivity contribution >= 4 is 34.1 Å². The van der Waals surface area contributed by atoms with Crippen molar-refractivity contribution in [1.29, 1.82) is 0 Å². The standard InChI is InChI=1S/C13H17NO2S2/c1-2-16-13(15)11(9-10-5-3-7-17-10)12-14-6-4-8-18-12/h3,5,7,11H,2,4,6,8-9H2,1H3. The van der Waals surface area contributed by atoms with E-state index < -0.39 is 0 Å². The number of carbonyl (C=O) groups is 1. The number of ether oxygens (including phenoxy) is 1. The third-order valence-electron chi connectivity index (χ3n) is 2.67. The SMILES string of the molecule is CCOC(=O)C(Cc1cccs1)C1=NCCCS1. The second kappa shape index (κ2) is 6.95. The Morgan fingerprint density at radius 2 is 2.50 bits per heavy atom.